The first-order valence-electron chi connectivity index (χ1n) is 6.00. The molecule has 0 fully saturated rings. The van der Waals surface area contributed by atoms with Crippen LogP contribution in [0.15, 0.2) is 66.7 Å². The molecule has 2 heteroatoms. The summed E-state index contributed by atoms with van der Waals surface area (Å²) in [7, 11) is 0. The number of hydrogen-bond donors (Lipinski definition) is 0. The van der Waals surface area contributed by atoms with Gasteiger partial charge in [0.05, 0.1) is 0 Å². The van der Waals surface area contributed by atoms with Crippen molar-refractivity contribution in [3.05, 3.63) is 72.4 Å². The maximum Gasteiger partial charge on any atom is 0.218 e. The van der Waals surface area contributed by atoms with E-state index in [2.05, 4.69) is 29.2 Å². The Morgan fingerprint density at radius 1 is 0.778 bits per heavy atom. The summed E-state index contributed by atoms with van der Waals surface area (Å²) in [5.74, 6) is 0.888. The fourth-order valence-corrected chi connectivity index (χ4v) is 1.92. The average molecular weight is 236 g/mol. The predicted octanol–water partition coefficient (Wildman–Crippen LogP) is 3.23. The van der Waals surface area contributed by atoms with Crippen molar-refractivity contribution in [3.8, 4) is 5.75 Å². The summed E-state index contributed by atoms with van der Waals surface area (Å²) in [6.07, 6.45) is 0. The molecule has 2 nitrogen and oxygen atoms in total. The Balaban J connectivity index is 1.79. The monoisotopic (exact) mass is 236 g/mol. The zero-order valence-electron chi connectivity index (χ0n) is 9.97. The van der Waals surface area contributed by atoms with Crippen LogP contribution in [0.3, 0.4) is 0 Å². The van der Waals surface area contributed by atoms with Gasteiger partial charge in [0.15, 0.2) is 6.61 Å². The van der Waals surface area contributed by atoms with Crippen molar-refractivity contribution in [1.82, 2.24) is 0 Å². The molecule has 0 bridgehead atoms. The molecule has 3 aromatic rings. The SMILES string of the molecule is c1ccc(OCc2ccc3ccccc3[nH+]2)cc1. The molecule has 0 atom stereocenters. The Bertz CT molecular complexity index is 649. The van der Waals surface area contributed by atoms with E-state index in [9.17, 15) is 0 Å². The molecule has 0 saturated carbocycles. The predicted molar refractivity (Wildman–Crippen MR) is 71.3 cm³/mol. The Kier molecular flexibility index (Phi) is 2.92. The largest absolute Gasteiger partial charge is 0.483 e. The minimum atomic E-state index is 0.550. The third kappa shape index (κ3) is 2.33. The van der Waals surface area contributed by atoms with E-state index in [0.29, 0.717) is 6.61 Å². The number of ether oxygens (including phenoxy) is 1. The smallest absolute Gasteiger partial charge is 0.218 e. The van der Waals surface area contributed by atoms with E-state index >= 15 is 0 Å². The number of aromatic nitrogens is 1. The van der Waals surface area contributed by atoms with Gasteiger partial charge >= 0.3 is 0 Å². The van der Waals surface area contributed by atoms with E-state index in [-0.39, 0.29) is 0 Å². The molecule has 0 unspecified atom stereocenters. The number of hydrogen-bond acceptors (Lipinski definition) is 1. The van der Waals surface area contributed by atoms with E-state index in [0.717, 1.165) is 17.0 Å². The second-order valence-electron chi connectivity index (χ2n) is 4.17. The van der Waals surface area contributed by atoms with Crippen molar-refractivity contribution in [2.24, 2.45) is 0 Å². The van der Waals surface area contributed by atoms with Gasteiger partial charge in [0, 0.05) is 17.5 Å². The number of H-pyrrole nitrogens is 1. The van der Waals surface area contributed by atoms with Crippen molar-refractivity contribution in [2.75, 3.05) is 0 Å². The van der Waals surface area contributed by atoms with Gasteiger partial charge in [-0.15, -0.1) is 0 Å². The van der Waals surface area contributed by atoms with Crippen LogP contribution in [0.2, 0.25) is 0 Å². The fraction of sp³-hybridized carbons (Fsp3) is 0.0625. The van der Waals surface area contributed by atoms with Crippen molar-refractivity contribution in [2.45, 2.75) is 6.61 Å². The first-order valence-corrected chi connectivity index (χ1v) is 6.00. The molecule has 18 heavy (non-hydrogen) atoms. The molecular weight excluding hydrogens is 222 g/mol. The van der Waals surface area contributed by atoms with Crippen LogP contribution in [0, 0.1) is 0 Å². The van der Waals surface area contributed by atoms with E-state index in [1.54, 1.807) is 0 Å². The van der Waals surface area contributed by atoms with E-state index in [1.165, 1.54) is 5.39 Å². The molecule has 0 aliphatic rings. The van der Waals surface area contributed by atoms with Crippen LogP contribution < -0.4 is 9.72 Å². The van der Waals surface area contributed by atoms with Gasteiger partial charge in [-0.05, 0) is 24.3 Å². The lowest BCUT2D eigenvalue weighted by molar-refractivity contribution is -0.362. The minimum absolute atomic E-state index is 0.550. The zero-order chi connectivity index (χ0) is 12.2. The van der Waals surface area contributed by atoms with Crippen molar-refractivity contribution >= 4 is 10.9 Å². The van der Waals surface area contributed by atoms with Crippen LogP contribution >= 0.6 is 0 Å². The van der Waals surface area contributed by atoms with Gasteiger partial charge in [-0.1, -0.05) is 30.3 Å². The third-order valence-electron chi connectivity index (χ3n) is 2.86. The molecule has 88 valence electrons. The van der Waals surface area contributed by atoms with Gasteiger partial charge < -0.3 is 4.74 Å². The third-order valence-corrected chi connectivity index (χ3v) is 2.86. The van der Waals surface area contributed by atoms with Crippen LogP contribution in [-0.2, 0) is 6.61 Å². The van der Waals surface area contributed by atoms with E-state index in [1.807, 2.05) is 42.5 Å². The Labute approximate surface area is 106 Å². The van der Waals surface area contributed by atoms with Gasteiger partial charge in [-0.3, -0.25) is 0 Å². The maximum atomic E-state index is 5.71. The van der Waals surface area contributed by atoms with Crippen LogP contribution in [0.5, 0.6) is 5.75 Å². The number of pyridine rings is 1. The second kappa shape index (κ2) is 4.88. The van der Waals surface area contributed by atoms with Gasteiger partial charge in [0.1, 0.15) is 5.75 Å². The van der Waals surface area contributed by atoms with Crippen molar-refractivity contribution in [3.63, 3.8) is 0 Å². The minimum Gasteiger partial charge on any atom is -0.483 e. The summed E-state index contributed by atoms with van der Waals surface area (Å²) in [5, 5.41) is 1.21. The molecule has 0 aliphatic heterocycles. The maximum absolute atomic E-state index is 5.71. The van der Waals surface area contributed by atoms with Crippen LogP contribution in [0.25, 0.3) is 10.9 Å². The van der Waals surface area contributed by atoms with Gasteiger partial charge in [-0.2, -0.15) is 0 Å². The van der Waals surface area contributed by atoms with E-state index < -0.39 is 0 Å². The number of benzene rings is 2. The highest BCUT2D eigenvalue weighted by Gasteiger charge is 2.05. The molecular formula is C16H14NO+. The fourth-order valence-electron chi connectivity index (χ4n) is 1.92. The first-order chi connectivity index (χ1) is 8.92. The summed E-state index contributed by atoms with van der Waals surface area (Å²) in [6.45, 7) is 0.550. The number of rotatable bonds is 3. The first kappa shape index (κ1) is 10.8. The summed E-state index contributed by atoms with van der Waals surface area (Å²) in [6, 6.07) is 22.2. The molecule has 2 aromatic carbocycles. The lowest BCUT2D eigenvalue weighted by Crippen LogP contribution is -2.14. The Hall–Kier alpha value is -2.35. The highest BCUT2D eigenvalue weighted by atomic mass is 16.5. The van der Waals surface area contributed by atoms with Crippen molar-refractivity contribution < 1.29 is 9.72 Å². The number of nitrogens with one attached hydrogen (secondary N) is 1. The molecule has 1 N–H and O–H groups in total. The normalized spacial score (nSPS) is 10.4. The highest BCUT2D eigenvalue weighted by Crippen LogP contribution is 2.12. The topological polar surface area (TPSA) is 23.4 Å². The molecule has 3 rings (SSSR count). The average Bonchev–Trinajstić information content (AvgIpc) is 2.46. The summed E-state index contributed by atoms with van der Waals surface area (Å²) >= 11 is 0. The molecule has 0 amide bonds. The van der Waals surface area contributed by atoms with Gasteiger partial charge in [-0.25, -0.2) is 4.98 Å². The summed E-state index contributed by atoms with van der Waals surface area (Å²) in [4.78, 5) is 3.37. The Morgan fingerprint density at radius 3 is 2.44 bits per heavy atom. The molecule has 0 saturated heterocycles. The van der Waals surface area contributed by atoms with Crippen LogP contribution in [0.1, 0.15) is 5.69 Å². The quantitative estimate of drug-likeness (QED) is 0.684. The molecule has 1 aromatic heterocycles. The lowest BCUT2D eigenvalue weighted by Gasteiger charge is -2.02. The molecule has 0 radical (unpaired) electrons. The summed E-state index contributed by atoms with van der Waals surface area (Å²) in [5.41, 5.74) is 2.20. The number of aromatic amines is 1. The molecule has 0 aliphatic carbocycles. The number of fused-ring (bicyclic) bond motifs is 1. The van der Waals surface area contributed by atoms with Crippen LogP contribution in [-0.4, -0.2) is 0 Å². The molecule has 1 heterocycles. The zero-order valence-corrected chi connectivity index (χ0v) is 9.97. The van der Waals surface area contributed by atoms with E-state index in [4.69, 9.17) is 4.74 Å². The Morgan fingerprint density at radius 2 is 1.56 bits per heavy atom. The van der Waals surface area contributed by atoms with Gasteiger partial charge in [0.2, 0.25) is 11.2 Å². The molecule has 0 spiro atoms. The van der Waals surface area contributed by atoms with Crippen molar-refractivity contribution in [1.29, 1.82) is 0 Å². The number of para-hydroxylation sites is 2. The highest BCUT2D eigenvalue weighted by molar-refractivity contribution is 5.74. The second-order valence-corrected chi connectivity index (χ2v) is 4.17. The van der Waals surface area contributed by atoms with Crippen LogP contribution in [0.4, 0.5) is 0 Å². The van der Waals surface area contributed by atoms with Gasteiger partial charge in [0.25, 0.3) is 0 Å². The lowest BCUT2D eigenvalue weighted by atomic mass is 10.2. The summed E-state index contributed by atoms with van der Waals surface area (Å²) < 4.78 is 5.71. The standard InChI is InChI=1S/C16H13NO/c1-2-7-15(8-3-1)18-12-14-11-10-13-6-4-5-9-16(13)17-14/h1-11H,12H2/p+1.